The van der Waals surface area contributed by atoms with Crippen LogP contribution in [0.3, 0.4) is 0 Å². The topological polar surface area (TPSA) is 81.7 Å². The van der Waals surface area contributed by atoms with E-state index in [0.717, 1.165) is 0 Å². The molecular formula is C30H23NO5S. The van der Waals surface area contributed by atoms with E-state index in [-0.39, 0.29) is 4.90 Å². The predicted molar refractivity (Wildman–Crippen MR) is 144 cm³/mol. The van der Waals surface area contributed by atoms with Crippen LogP contribution in [0, 0.1) is 11.8 Å². The number of para-hydroxylation sites is 1. The maximum atomic E-state index is 13.5. The second-order valence-electron chi connectivity index (χ2n) is 7.81. The molecule has 0 fully saturated rings. The summed E-state index contributed by atoms with van der Waals surface area (Å²) in [6, 6.07) is 10.0. The van der Waals surface area contributed by atoms with Crippen LogP contribution in [-0.2, 0) is 19.6 Å². The minimum absolute atomic E-state index is 0.0955. The summed E-state index contributed by atoms with van der Waals surface area (Å²) < 4.78 is 39.8. The normalized spacial score (nSPS) is 15.9. The summed E-state index contributed by atoms with van der Waals surface area (Å²) in [7, 11) is -1.13. The van der Waals surface area contributed by atoms with E-state index in [2.05, 4.69) is 28.0 Å². The number of carbonyl (C=O) groups excluding carboxylic acids is 1. The van der Waals surface area contributed by atoms with Gasteiger partial charge >= 0.3 is 5.97 Å². The number of benzene rings is 2. The summed E-state index contributed by atoms with van der Waals surface area (Å²) in [6.45, 7) is 0. The van der Waals surface area contributed by atoms with E-state index in [1.165, 1.54) is 20.3 Å². The highest BCUT2D eigenvalue weighted by atomic mass is 32.2. The fourth-order valence-electron chi connectivity index (χ4n) is 3.65. The van der Waals surface area contributed by atoms with E-state index in [1.807, 2.05) is 6.08 Å². The summed E-state index contributed by atoms with van der Waals surface area (Å²) >= 11 is 0. The van der Waals surface area contributed by atoms with E-state index in [1.54, 1.807) is 72.9 Å². The average Bonchev–Trinajstić information content (AvgIpc) is 3.14. The number of hydrogen-bond donors (Lipinski definition) is 1. The Bertz CT molecular complexity index is 1650. The van der Waals surface area contributed by atoms with Gasteiger partial charge in [-0.25, -0.2) is 13.2 Å². The predicted octanol–water partition coefficient (Wildman–Crippen LogP) is 5.18. The Labute approximate surface area is 216 Å². The van der Waals surface area contributed by atoms with Gasteiger partial charge in [0.15, 0.2) is 0 Å². The van der Waals surface area contributed by atoms with E-state index >= 15 is 0 Å². The minimum Gasteiger partial charge on any atom is -0.496 e. The van der Waals surface area contributed by atoms with Crippen LogP contribution in [0.25, 0.3) is 12.2 Å². The molecule has 4 rings (SSSR count). The van der Waals surface area contributed by atoms with Crippen LogP contribution in [0.5, 0.6) is 5.75 Å². The molecule has 0 saturated heterocycles. The lowest BCUT2D eigenvalue weighted by molar-refractivity contribution is -0.135. The largest absolute Gasteiger partial charge is 0.496 e. The molecule has 2 aromatic rings. The third kappa shape index (κ3) is 5.92. The lowest BCUT2D eigenvalue weighted by Gasteiger charge is -2.15. The van der Waals surface area contributed by atoms with Gasteiger partial charge < -0.3 is 9.47 Å². The number of allylic oxidation sites excluding steroid dienone is 5. The second kappa shape index (κ2) is 11.3. The molecule has 0 aromatic heterocycles. The highest BCUT2D eigenvalue weighted by Crippen LogP contribution is 2.32. The standard InChI is InChI=1S/C30H23NO5S/c1-35-28-20-21-29(26-14-5-3-4-13-25(26)28)37(33,34)31-27-15-9-8-11-23(27)18-16-22-10-6-7-12-24(19-17-22)30(32)36-2/h3-4,7-11,13-15,17,19-21,31H,6H2,1-2H3/b19-17-,22-10-. The van der Waals surface area contributed by atoms with E-state index in [9.17, 15) is 13.2 Å². The van der Waals surface area contributed by atoms with Crippen LogP contribution < -0.4 is 9.46 Å². The first-order valence-electron chi connectivity index (χ1n) is 11.3. The van der Waals surface area contributed by atoms with E-state index in [4.69, 9.17) is 9.47 Å². The van der Waals surface area contributed by atoms with Crippen LogP contribution in [0.15, 0.2) is 100 Å². The number of esters is 1. The third-order valence-corrected chi connectivity index (χ3v) is 6.88. The summed E-state index contributed by atoms with van der Waals surface area (Å²) in [6.07, 6.45) is 14.3. The average molecular weight is 510 g/mol. The summed E-state index contributed by atoms with van der Waals surface area (Å²) in [5, 5.41) is 0. The number of sulfonamides is 1. The van der Waals surface area contributed by atoms with Crippen molar-refractivity contribution in [3.63, 3.8) is 0 Å². The maximum Gasteiger partial charge on any atom is 0.345 e. The van der Waals surface area contributed by atoms with Gasteiger partial charge in [-0.2, -0.15) is 0 Å². The lowest BCUT2D eigenvalue weighted by atomic mass is 10.1. The molecule has 37 heavy (non-hydrogen) atoms. The van der Waals surface area contributed by atoms with Crippen molar-refractivity contribution in [1.29, 1.82) is 0 Å². The van der Waals surface area contributed by atoms with Crippen molar-refractivity contribution < 1.29 is 22.7 Å². The molecule has 0 atom stereocenters. The number of ether oxygens (including phenoxy) is 2. The fraction of sp³-hybridized carbons (Fsp3) is 0.100. The van der Waals surface area contributed by atoms with Crippen molar-refractivity contribution in [2.75, 3.05) is 18.9 Å². The van der Waals surface area contributed by atoms with Crippen LogP contribution in [0.4, 0.5) is 5.69 Å². The number of fused-ring (bicyclic) bond motifs is 1. The Kier molecular flexibility index (Phi) is 7.78. The zero-order chi connectivity index (χ0) is 26.3. The minimum atomic E-state index is -3.98. The van der Waals surface area contributed by atoms with Gasteiger partial charge in [0.2, 0.25) is 0 Å². The molecular weight excluding hydrogens is 486 g/mol. The lowest BCUT2D eigenvalue weighted by Crippen LogP contribution is -2.15. The fourth-order valence-corrected chi connectivity index (χ4v) is 4.94. The van der Waals surface area contributed by atoms with Crippen LogP contribution in [-0.4, -0.2) is 28.6 Å². The Balaban J connectivity index is 1.66. The Hall–Kier alpha value is -4.72. The van der Waals surface area contributed by atoms with Crippen LogP contribution in [0.2, 0.25) is 0 Å². The van der Waals surface area contributed by atoms with Crippen molar-refractivity contribution in [3.8, 4) is 17.6 Å². The van der Waals surface area contributed by atoms with Gasteiger partial charge in [0, 0.05) is 22.3 Å². The van der Waals surface area contributed by atoms with E-state index < -0.39 is 16.0 Å². The molecule has 0 aliphatic heterocycles. The monoisotopic (exact) mass is 509 g/mol. The van der Waals surface area contributed by atoms with Crippen molar-refractivity contribution >= 4 is 33.8 Å². The molecule has 2 aliphatic carbocycles. The molecule has 0 heterocycles. The number of rotatable bonds is 5. The quantitative estimate of drug-likeness (QED) is 0.341. The van der Waals surface area contributed by atoms with Crippen molar-refractivity contribution in [2.45, 2.75) is 11.3 Å². The molecule has 0 unspecified atom stereocenters. The molecule has 0 saturated carbocycles. The van der Waals surface area contributed by atoms with Gasteiger partial charge in [-0.3, -0.25) is 4.72 Å². The van der Waals surface area contributed by atoms with Gasteiger partial charge in [-0.05, 0) is 67.1 Å². The summed E-state index contributed by atoms with van der Waals surface area (Å²) in [5.41, 5.74) is 8.78. The van der Waals surface area contributed by atoms with Crippen molar-refractivity contribution in [3.05, 3.63) is 112 Å². The molecule has 2 aliphatic rings. The zero-order valence-electron chi connectivity index (χ0n) is 20.2. The molecule has 1 N–H and O–H groups in total. The van der Waals surface area contributed by atoms with Gasteiger partial charge in [-0.15, -0.1) is 11.5 Å². The van der Waals surface area contributed by atoms with Crippen molar-refractivity contribution in [1.82, 2.24) is 0 Å². The number of nitrogens with one attached hydrogen (secondary N) is 1. The molecule has 6 nitrogen and oxygen atoms in total. The Morgan fingerprint density at radius 2 is 1.86 bits per heavy atom. The molecule has 7 heteroatoms. The van der Waals surface area contributed by atoms with Crippen LogP contribution in [0.1, 0.15) is 23.1 Å². The molecule has 184 valence electrons. The second-order valence-corrected chi connectivity index (χ2v) is 9.46. The maximum absolute atomic E-state index is 13.5. The highest BCUT2D eigenvalue weighted by molar-refractivity contribution is 7.92. The zero-order valence-corrected chi connectivity index (χ0v) is 21.1. The highest BCUT2D eigenvalue weighted by Gasteiger charge is 2.22. The van der Waals surface area contributed by atoms with E-state index in [0.29, 0.717) is 45.7 Å². The molecule has 0 bridgehead atoms. The molecule has 2 aromatic carbocycles. The molecule has 0 amide bonds. The first-order valence-corrected chi connectivity index (χ1v) is 12.8. The first kappa shape index (κ1) is 25.4. The number of anilines is 1. The molecule has 0 radical (unpaired) electrons. The van der Waals surface area contributed by atoms with Crippen molar-refractivity contribution in [2.24, 2.45) is 0 Å². The number of carbonyl (C=O) groups is 1. The molecule has 0 spiro atoms. The summed E-state index contributed by atoms with van der Waals surface area (Å²) in [5.74, 6) is 6.17. The Morgan fingerprint density at radius 1 is 1.03 bits per heavy atom. The van der Waals surface area contributed by atoms with Gasteiger partial charge in [0.25, 0.3) is 10.0 Å². The Morgan fingerprint density at radius 3 is 2.68 bits per heavy atom. The summed E-state index contributed by atoms with van der Waals surface area (Å²) in [4.78, 5) is 11.9. The van der Waals surface area contributed by atoms with Gasteiger partial charge in [0.05, 0.1) is 24.8 Å². The van der Waals surface area contributed by atoms with Gasteiger partial charge in [-0.1, -0.05) is 36.1 Å². The number of methoxy groups -OCH3 is 2. The van der Waals surface area contributed by atoms with Gasteiger partial charge in [0.1, 0.15) is 11.3 Å². The third-order valence-electron chi connectivity index (χ3n) is 5.46. The smallest absolute Gasteiger partial charge is 0.345 e. The SMILES string of the molecule is COC(=O)C1=C=CC/C=C(C#Cc2ccccc2NS(=O)(=O)c2ccc(OC)c3c2C=C=CC=C3)\C=C/1. The van der Waals surface area contributed by atoms with Crippen LogP contribution >= 0.6 is 0 Å². The number of hydrogen-bond acceptors (Lipinski definition) is 5. The first-order chi connectivity index (χ1) is 17.9.